The summed E-state index contributed by atoms with van der Waals surface area (Å²) in [6.07, 6.45) is 9.45. The van der Waals surface area contributed by atoms with Crippen LogP contribution in [0.15, 0.2) is 64.3 Å². The maximum absolute atomic E-state index is 13.2. The van der Waals surface area contributed by atoms with E-state index in [2.05, 4.69) is 13.0 Å². The lowest BCUT2D eigenvalue weighted by Crippen LogP contribution is -2.39. The van der Waals surface area contributed by atoms with Gasteiger partial charge in [-0.15, -0.1) is 0 Å². The van der Waals surface area contributed by atoms with Gasteiger partial charge in [0, 0.05) is 44.1 Å². The summed E-state index contributed by atoms with van der Waals surface area (Å²) in [7, 11) is 0. The Kier molecular flexibility index (Phi) is 7.86. The van der Waals surface area contributed by atoms with E-state index in [0.717, 1.165) is 60.3 Å². The van der Waals surface area contributed by atoms with Crippen molar-refractivity contribution in [2.24, 2.45) is 16.6 Å². The fourth-order valence-electron chi connectivity index (χ4n) is 5.19. The summed E-state index contributed by atoms with van der Waals surface area (Å²) in [5.74, 6) is 0.120. The maximum Gasteiger partial charge on any atom is 0.253 e. The second kappa shape index (κ2) is 11.0. The van der Waals surface area contributed by atoms with Crippen LogP contribution in [0.3, 0.4) is 0 Å². The Labute approximate surface area is 207 Å². The molecule has 1 aromatic carbocycles. The maximum atomic E-state index is 13.2. The normalized spacial score (nSPS) is 21.9. The van der Waals surface area contributed by atoms with Gasteiger partial charge in [0.1, 0.15) is 5.84 Å². The molecule has 7 nitrogen and oxygen atoms in total. The quantitative estimate of drug-likeness (QED) is 0.630. The number of nitrogens with zero attached hydrogens (tertiary/aromatic N) is 3. The van der Waals surface area contributed by atoms with Crippen molar-refractivity contribution >= 4 is 17.6 Å². The highest BCUT2D eigenvalue weighted by molar-refractivity contribution is 5.94. The Morgan fingerprint density at radius 1 is 1.17 bits per heavy atom. The van der Waals surface area contributed by atoms with E-state index in [0.29, 0.717) is 25.3 Å². The van der Waals surface area contributed by atoms with Crippen molar-refractivity contribution in [3.8, 4) is 0 Å². The van der Waals surface area contributed by atoms with E-state index in [4.69, 9.17) is 10.7 Å². The first kappa shape index (κ1) is 24.9. The summed E-state index contributed by atoms with van der Waals surface area (Å²) in [6.45, 7) is 6.60. The molecule has 186 valence electrons. The number of likely N-dealkylation sites (tertiary alicyclic amines) is 1. The van der Waals surface area contributed by atoms with Gasteiger partial charge in [0.15, 0.2) is 0 Å². The number of hydrogen-bond acceptors (Lipinski definition) is 5. The van der Waals surface area contributed by atoms with E-state index in [9.17, 15) is 14.7 Å². The average Bonchev–Trinajstić information content (AvgIpc) is 3.34. The molecule has 0 radical (unpaired) electrons. The third-order valence-electron chi connectivity index (χ3n) is 7.05. The molecule has 3 N–H and O–H groups in total. The topological polar surface area (TPSA) is 99.2 Å². The molecule has 0 saturated carbocycles. The molecule has 3 aliphatic rings. The van der Waals surface area contributed by atoms with E-state index in [1.807, 2.05) is 48.2 Å². The lowest BCUT2D eigenvalue weighted by molar-refractivity contribution is -0.134. The lowest BCUT2D eigenvalue weighted by atomic mass is 9.83. The number of amides is 2. The number of fused-ring (bicyclic) bond motifs is 1. The minimum absolute atomic E-state index is 0.0212. The summed E-state index contributed by atoms with van der Waals surface area (Å²) in [5, 5.41) is 9.38. The molecule has 1 saturated heterocycles. The van der Waals surface area contributed by atoms with Crippen molar-refractivity contribution in [2.75, 3.05) is 32.8 Å². The molecule has 1 fully saturated rings. The smallest absolute Gasteiger partial charge is 0.253 e. The molecule has 2 unspecified atom stereocenters. The molecule has 2 heterocycles. The fraction of sp³-hybridized carbons (Fsp3) is 0.464. The van der Waals surface area contributed by atoms with Crippen LogP contribution in [0.1, 0.15) is 61.4 Å². The Balaban J connectivity index is 1.57. The first-order valence-electron chi connectivity index (χ1n) is 12.7. The molecular formula is C28H36N4O3. The van der Waals surface area contributed by atoms with Crippen molar-refractivity contribution in [3.63, 3.8) is 0 Å². The minimum atomic E-state index is -0.408. The first-order valence-corrected chi connectivity index (χ1v) is 12.7. The largest absolute Gasteiger partial charge is 0.395 e. The van der Waals surface area contributed by atoms with E-state index >= 15 is 0 Å². The van der Waals surface area contributed by atoms with Gasteiger partial charge in [-0.2, -0.15) is 0 Å². The average molecular weight is 477 g/mol. The van der Waals surface area contributed by atoms with Crippen LogP contribution in [0.5, 0.6) is 0 Å². The third kappa shape index (κ3) is 5.40. The van der Waals surface area contributed by atoms with Crippen molar-refractivity contribution in [3.05, 3.63) is 70.5 Å². The summed E-state index contributed by atoms with van der Waals surface area (Å²) >= 11 is 0. The number of aliphatic imine (C=N–C) groups is 1. The fourth-order valence-corrected chi connectivity index (χ4v) is 5.19. The molecular weight excluding hydrogens is 440 g/mol. The third-order valence-corrected chi connectivity index (χ3v) is 7.05. The van der Waals surface area contributed by atoms with Gasteiger partial charge < -0.3 is 20.6 Å². The number of aliphatic hydroxyl groups is 1. The lowest BCUT2D eigenvalue weighted by Gasteiger charge is -2.25. The van der Waals surface area contributed by atoms with Gasteiger partial charge in [-0.25, -0.2) is 4.99 Å². The van der Waals surface area contributed by atoms with Crippen LogP contribution in [0, 0.1) is 5.92 Å². The molecule has 7 heteroatoms. The van der Waals surface area contributed by atoms with Gasteiger partial charge >= 0.3 is 0 Å². The Bertz CT molecular complexity index is 1070. The number of allylic oxidation sites excluding steroid dienone is 3. The van der Waals surface area contributed by atoms with Crippen LogP contribution < -0.4 is 5.73 Å². The Morgan fingerprint density at radius 3 is 2.54 bits per heavy atom. The van der Waals surface area contributed by atoms with E-state index in [1.165, 1.54) is 0 Å². The number of hydrogen-bond donors (Lipinski definition) is 2. The summed E-state index contributed by atoms with van der Waals surface area (Å²) in [4.78, 5) is 34.2. The van der Waals surface area contributed by atoms with Crippen molar-refractivity contribution in [1.82, 2.24) is 9.80 Å². The number of aliphatic hydroxyl groups excluding tert-OH is 1. The highest BCUT2D eigenvalue weighted by atomic mass is 16.3. The van der Waals surface area contributed by atoms with Crippen LogP contribution in [-0.4, -0.2) is 65.3 Å². The van der Waals surface area contributed by atoms with Crippen LogP contribution >= 0.6 is 0 Å². The standard InChI is InChI=1S/C28H36N4O3/c1-3-12-31(15-16-33)28(35)23-17-22-10-11-24(19(2)26(22)30-25(29)18-23)20-6-8-21(9-7-20)27(34)32-13-4-5-14-32/h6-11,17,23-24,33H,3-5,12-16,18H2,1-2H3,(H2,29,30). The summed E-state index contributed by atoms with van der Waals surface area (Å²) in [6, 6.07) is 7.86. The summed E-state index contributed by atoms with van der Waals surface area (Å²) in [5.41, 5.74) is 10.9. The molecule has 0 bridgehead atoms. The van der Waals surface area contributed by atoms with Gasteiger partial charge in [-0.05, 0) is 55.0 Å². The van der Waals surface area contributed by atoms with Gasteiger partial charge in [0.05, 0.1) is 18.2 Å². The molecule has 35 heavy (non-hydrogen) atoms. The zero-order valence-electron chi connectivity index (χ0n) is 20.7. The van der Waals surface area contributed by atoms with Crippen LogP contribution in [-0.2, 0) is 4.79 Å². The SMILES string of the molecule is CCCN(CCO)C(=O)C1C=C2C=CC(c3ccc(C(=O)N4CCCC4)cc3)C(C)=C2N=C(N)C1. The Morgan fingerprint density at radius 2 is 1.89 bits per heavy atom. The molecule has 0 aromatic heterocycles. The first-order chi connectivity index (χ1) is 16.9. The van der Waals surface area contributed by atoms with Crippen molar-refractivity contribution < 1.29 is 14.7 Å². The van der Waals surface area contributed by atoms with Crippen molar-refractivity contribution in [2.45, 2.75) is 45.4 Å². The molecule has 2 aliphatic heterocycles. The monoisotopic (exact) mass is 476 g/mol. The zero-order valence-corrected chi connectivity index (χ0v) is 20.7. The van der Waals surface area contributed by atoms with E-state index in [1.54, 1.807) is 4.90 Å². The number of amidine groups is 1. The number of carbonyl (C=O) groups is 2. The second-order valence-electron chi connectivity index (χ2n) is 9.57. The Hall–Kier alpha value is -3.19. The molecule has 1 aliphatic carbocycles. The zero-order chi connectivity index (χ0) is 24.9. The number of rotatable bonds is 7. The van der Waals surface area contributed by atoms with Gasteiger partial charge in [-0.3, -0.25) is 9.59 Å². The number of carbonyl (C=O) groups excluding carboxylic acids is 2. The van der Waals surface area contributed by atoms with Gasteiger partial charge in [0.25, 0.3) is 5.91 Å². The highest BCUT2D eigenvalue weighted by Crippen LogP contribution is 2.38. The minimum Gasteiger partial charge on any atom is -0.395 e. The second-order valence-corrected chi connectivity index (χ2v) is 9.57. The summed E-state index contributed by atoms with van der Waals surface area (Å²) < 4.78 is 0. The molecule has 2 amide bonds. The highest BCUT2D eigenvalue weighted by Gasteiger charge is 2.29. The predicted octanol–water partition coefficient (Wildman–Crippen LogP) is 3.38. The van der Waals surface area contributed by atoms with Crippen LogP contribution in [0.2, 0.25) is 0 Å². The van der Waals surface area contributed by atoms with E-state index in [-0.39, 0.29) is 24.3 Å². The molecule has 4 rings (SSSR count). The molecule has 0 spiro atoms. The van der Waals surface area contributed by atoms with E-state index < -0.39 is 5.92 Å². The van der Waals surface area contributed by atoms with Crippen LogP contribution in [0.4, 0.5) is 0 Å². The van der Waals surface area contributed by atoms with Gasteiger partial charge in [0.2, 0.25) is 5.91 Å². The molecule has 2 atom stereocenters. The van der Waals surface area contributed by atoms with Gasteiger partial charge in [-0.1, -0.05) is 37.3 Å². The van der Waals surface area contributed by atoms with Crippen molar-refractivity contribution in [1.29, 1.82) is 0 Å². The number of nitrogens with two attached hydrogens (primary N) is 1. The van der Waals surface area contributed by atoms with Crippen LogP contribution in [0.25, 0.3) is 0 Å². The predicted molar refractivity (Wildman–Crippen MR) is 138 cm³/mol. The number of benzene rings is 1. The molecule has 1 aromatic rings.